The Hall–Kier alpha value is -2.53. The highest BCUT2D eigenvalue weighted by molar-refractivity contribution is 7.92. The van der Waals surface area contributed by atoms with Gasteiger partial charge in [0.15, 0.2) is 0 Å². The molecule has 0 unspecified atom stereocenters. The predicted octanol–water partition coefficient (Wildman–Crippen LogP) is 2.16. The second kappa shape index (κ2) is 9.98. The van der Waals surface area contributed by atoms with Gasteiger partial charge < -0.3 is 5.32 Å². The maximum absolute atomic E-state index is 12.4. The minimum atomic E-state index is -3.68. The van der Waals surface area contributed by atoms with Crippen molar-refractivity contribution >= 4 is 37.7 Å². The summed E-state index contributed by atoms with van der Waals surface area (Å²) in [5, 5.41) is 3.63. The van der Waals surface area contributed by atoms with Crippen LogP contribution in [0.5, 0.6) is 0 Å². The van der Waals surface area contributed by atoms with Crippen LogP contribution in [-0.2, 0) is 24.8 Å². The molecular formula is C20H25N3O5S2. The van der Waals surface area contributed by atoms with Crippen LogP contribution < -0.4 is 10.0 Å². The molecule has 2 rings (SSSR count). The molecule has 0 radical (unpaired) electrons. The number of hydrogen-bond donors (Lipinski definition) is 2. The highest BCUT2D eigenvalue weighted by Crippen LogP contribution is 2.22. The molecule has 30 heavy (non-hydrogen) atoms. The smallest absolute Gasteiger partial charge is 0.242 e. The van der Waals surface area contributed by atoms with Crippen molar-refractivity contribution < 1.29 is 21.6 Å². The quantitative estimate of drug-likeness (QED) is 0.607. The maximum atomic E-state index is 12.4. The van der Waals surface area contributed by atoms with Crippen LogP contribution in [0.3, 0.4) is 0 Å². The van der Waals surface area contributed by atoms with Gasteiger partial charge in [0.05, 0.1) is 4.90 Å². The normalized spacial score (nSPS) is 12.4. The highest BCUT2D eigenvalue weighted by atomic mass is 32.2. The van der Waals surface area contributed by atoms with Gasteiger partial charge >= 0.3 is 0 Å². The molecule has 2 aromatic rings. The van der Waals surface area contributed by atoms with Gasteiger partial charge in [-0.25, -0.2) is 25.9 Å². The molecule has 1 amide bonds. The molecule has 0 aliphatic heterocycles. The summed E-state index contributed by atoms with van der Waals surface area (Å²) in [6.07, 6.45) is 1.35. The first-order valence-corrected chi connectivity index (χ1v) is 12.1. The Bertz CT molecular complexity index is 1130. The van der Waals surface area contributed by atoms with Gasteiger partial charge in [-0.15, -0.1) is 0 Å². The Morgan fingerprint density at radius 1 is 1.03 bits per heavy atom. The van der Waals surface area contributed by atoms with Gasteiger partial charge in [-0.1, -0.05) is 36.4 Å². The molecule has 2 aromatic carbocycles. The average Bonchev–Trinajstić information content (AvgIpc) is 2.68. The SMILES string of the molecule is Cc1ccc(NC(=O)CCNS(=O)(=O)/C=C/c2ccccc2)cc1S(=O)(=O)N(C)C. The molecule has 8 nitrogen and oxygen atoms in total. The van der Waals surface area contributed by atoms with Crippen molar-refractivity contribution in [3.63, 3.8) is 0 Å². The summed E-state index contributed by atoms with van der Waals surface area (Å²) in [6.45, 7) is 1.57. The molecule has 0 bridgehead atoms. The van der Waals surface area contributed by atoms with Crippen LogP contribution in [0.25, 0.3) is 6.08 Å². The highest BCUT2D eigenvalue weighted by Gasteiger charge is 2.20. The molecule has 0 aliphatic carbocycles. The van der Waals surface area contributed by atoms with E-state index >= 15 is 0 Å². The Balaban J connectivity index is 1.94. The molecule has 2 N–H and O–H groups in total. The number of hydrogen-bond acceptors (Lipinski definition) is 5. The number of rotatable bonds is 9. The van der Waals surface area contributed by atoms with Gasteiger partial charge in [-0.3, -0.25) is 4.79 Å². The first-order valence-electron chi connectivity index (χ1n) is 9.07. The van der Waals surface area contributed by atoms with E-state index in [0.717, 1.165) is 15.3 Å². The van der Waals surface area contributed by atoms with Crippen molar-refractivity contribution in [3.05, 3.63) is 65.1 Å². The monoisotopic (exact) mass is 451 g/mol. The molecule has 0 fully saturated rings. The third-order valence-electron chi connectivity index (χ3n) is 4.13. The Morgan fingerprint density at radius 2 is 1.70 bits per heavy atom. The number of nitrogens with zero attached hydrogens (tertiary/aromatic N) is 1. The van der Waals surface area contributed by atoms with E-state index in [0.29, 0.717) is 11.3 Å². The van der Waals surface area contributed by atoms with Gasteiger partial charge in [0.2, 0.25) is 26.0 Å². The predicted molar refractivity (Wildman–Crippen MR) is 118 cm³/mol. The van der Waals surface area contributed by atoms with Gasteiger partial charge in [0, 0.05) is 38.2 Å². The van der Waals surface area contributed by atoms with Crippen molar-refractivity contribution in [2.45, 2.75) is 18.2 Å². The van der Waals surface area contributed by atoms with Crippen LogP contribution in [0.15, 0.2) is 58.8 Å². The third-order valence-corrected chi connectivity index (χ3v) is 7.18. The number of nitrogens with one attached hydrogen (secondary N) is 2. The Labute approximate surface area is 177 Å². The first-order chi connectivity index (χ1) is 14.0. The topological polar surface area (TPSA) is 113 Å². The van der Waals surface area contributed by atoms with Crippen molar-refractivity contribution in [1.29, 1.82) is 0 Å². The summed E-state index contributed by atoms with van der Waals surface area (Å²) in [5.41, 5.74) is 1.61. The van der Waals surface area contributed by atoms with Gasteiger partial charge in [0.25, 0.3) is 0 Å². The van der Waals surface area contributed by atoms with Gasteiger partial charge in [0.1, 0.15) is 0 Å². The Morgan fingerprint density at radius 3 is 2.33 bits per heavy atom. The van der Waals surface area contributed by atoms with Crippen molar-refractivity contribution in [2.75, 3.05) is 26.0 Å². The van der Waals surface area contributed by atoms with Crippen LogP contribution in [0.2, 0.25) is 0 Å². The number of anilines is 1. The maximum Gasteiger partial charge on any atom is 0.242 e. The first kappa shape index (κ1) is 23.7. The zero-order valence-corrected chi connectivity index (χ0v) is 18.6. The summed E-state index contributed by atoms with van der Waals surface area (Å²) >= 11 is 0. The fraction of sp³-hybridized carbons (Fsp3) is 0.250. The van der Waals surface area contributed by atoms with E-state index in [2.05, 4.69) is 10.0 Å². The minimum absolute atomic E-state index is 0.0945. The lowest BCUT2D eigenvalue weighted by molar-refractivity contribution is -0.116. The number of aryl methyl sites for hydroxylation is 1. The van der Waals surface area contributed by atoms with E-state index in [1.165, 1.54) is 26.2 Å². The molecule has 0 atom stereocenters. The van der Waals surface area contributed by atoms with Crippen LogP contribution in [0.4, 0.5) is 5.69 Å². The molecule has 0 aliphatic rings. The van der Waals surface area contributed by atoms with E-state index in [-0.39, 0.29) is 17.9 Å². The molecule has 0 saturated carbocycles. The number of sulfonamides is 2. The summed E-state index contributed by atoms with van der Waals surface area (Å²) in [4.78, 5) is 12.2. The summed E-state index contributed by atoms with van der Waals surface area (Å²) in [5.74, 6) is -0.443. The van der Waals surface area contributed by atoms with Gasteiger partial charge in [-0.2, -0.15) is 0 Å². The second-order valence-electron chi connectivity index (χ2n) is 6.72. The second-order valence-corrected chi connectivity index (χ2v) is 10.5. The summed E-state index contributed by atoms with van der Waals surface area (Å²) < 4.78 is 52.2. The average molecular weight is 452 g/mol. The lowest BCUT2D eigenvalue weighted by atomic mass is 10.2. The largest absolute Gasteiger partial charge is 0.326 e. The summed E-state index contributed by atoms with van der Waals surface area (Å²) in [7, 11) is -4.48. The van der Waals surface area contributed by atoms with Crippen LogP contribution in [-0.4, -0.2) is 47.7 Å². The molecule has 10 heteroatoms. The molecule has 0 heterocycles. The molecular weight excluding hydrogens is 426 g/mol. The lowest BCUT2D eigenvalue weighted by Crippen LogP contribution is -2.26. The lowest BCUT2D eigenvalue weighted by Gasteiger charge is -2.15. The van der Waals surface area contributed by atoms with E-state index < -0.39 is 26.0 Å². The fourth-order valence-electron chi connectivity index (χ4n) is 2.46. The Kier molecular flexibility index (Phi) is 7.90. The fourth-order valence-corrected chi connectivity index (χ4v) is 4.43. The van der Waals surface area contributed by atoms with Crippen molar-refractivity contribution in [1.82, 2.24) is 9.03 Å². The van der Waals surface area contributed by atoms with E-state index in [9.17, 15) is 21.6 Å². The minimum Gasteiger partial charge on any atom is -0.326 e. The zero-order valence-electron chi connectivity index (χ0n) is 17.0. The van der Waals surface area contributed by atoms with Crippen molar-refractivity contribution in [2.24, 2.45) is 0 Å². The molecule has 0 spiro atoms. The zero-order chi connectivity index (χ0) is 22.4. The number of amides is 1. The van der Waals surface area contributed by atoms with Crippen molar-refractivity contribution in [3.8, 4) is 0 Å². The standard InChI is InChI=1S/C20H25N3O5S2/c1-16-9-10-18(15-19(16)30(27,28)23(2)3)22-20(24)11-13-21-29(25,26)14-12-17-7-5-4-6-8-17/h4-10,12,14-15,21H,11,13H2,1-3H3,(H,22,24)/b14-12+. The van der Waals surface area contributed by atoms with E-state index in [4.69, 9.17) is 0 Å². The van der Waals surface area contributed by atoms with Crippen LogP contribution in [0, 0.1) is 6.92 Å². The third kappa shape index (κ3) is 6.77. The number of carbonyl (C=O) groups excluding carboxylic acids is 1. The van der Waals surface area contributed by atoms with Crippen LogP contribution >= 0.6 is 0 Å². The number of carbonyl (C=O) groups is 1. The van der Waals surface area contributed by atoms with Crippen LogP contribution in [0.1, 0.15) is 17.5 Å². The van der Waals surface area contributed by atoms with Gasteiger partial charge in [-0.05, 0) is 36.3 Å². The molecule has 0 saturated heterocycles. The summed E-state index contributed by atoms with van der Waals surface area (Å²) in [6, 6.07) is 13.5. The van der Waals surface area contributed by atoms with E-state index in [1.807, 2.05) is 6.07 Å². The number of benzene rings is 2. The molecule has 0 aromatic heterocycles. The van der Waals surface area contributed by atoms with E-state index in [1.54, 1.807) is 43.3 Å². The molecule has 162 valence electrons.